The molecule has 29 heavy (non-hydrogen) atoms. The van der Waals surface area contributed by atoms with Gasteiger partial charge in [-0.05, 0) is 12.0 Å². The van der Waals surface area contributed by atoms with Gasteiger partial charge in [-0.1, -0.05) is 30.3 Å². The molecule has 0 saturated carbocycles. The molecule has 0 fully saturated rings. The summed E-state index contributed by atoms with van der Waals surface area (Å²) >= 11 is 0. The second-order valence-electron chi connectivity index (χ2n) is 6.90. The molecular weight excluding hydrogens is 372 g/mol. The maximum absolute atomic E-state index is 12.9. The minimum Gasteiger partial charge on any atom is -0.447 e. The van der Waals surface area contributed by atoms with E-state index >= 15 is 0 Å². The normalized spacial score (nSPS) is 13.1. The minimum absolute atomic E-state index is 0.0595. The number of hydrogen-bond acceptors (Lipinski definition) is 6. The predicted molar refractivity (Wildman–Crippen MR) is 104 cm³/mol. The maximum Gasteiger partial charge on any atom is 0.256 e. The SMILES string of the molecule is O=C(CCc1ccccc1)N(Cc1nc2c(c(=O)[nH]1)COCC2)Cc1ncco1. The van der Waals surface area contributed by atoms with E-state index in [-0.39, 0.29) is 31.2 Å². The van der Waals surface area contributed by atoms with Crippen LogP contribution >= 0.6 is 0 Å². The standard InChI is InChI=1S/C21H22N4O4/c26-20(7-6-15-4-2-1-3-5-15)25(13-19-22-9-11-29-19)12-18-23-17-8-10-28-14-16(17)21(27)24-18/h1-5,9,11H,6-8,10,12-14H2,(H,23,24,27). The molecule has 0 radical (unpaired) electrons. The number of amides is 1. The number of ether oxygens (including phenoxy) is 1. The van der Waals surface area contributed by atoms with E-state index in [1.165, 1.54) is 6.26 Å². The van der Waals surface area contributed by atoms with E-state index in [0.717, 1.165) is 11.3 Å². The zero-order valence-corrected chi connectivity index (χ0v) is 16.0. The van der Waals surface area contributed by atoms with Crippen molar-refractivity contribution in [3.8, 4) is 0 Å². The molecular formula is C21H22N4O4. The van der Waals surface area contributed by atoms with Gasteiger partial charge < -0.3 is 19.0 Å². The Kier molecular flexibility index (Phi) is 5.81. The fourth-order valence-electron chi connectivity index (χ4n) is 3.33. The molecule has 0 atom stereocenters. The molecule has 4 rings (SSSR count). The van der Waals surface area contributed by atoms with Crippen LogP contribution in [0.1, 0.15) is 35.0 Å². The Balaban J connectivity index is 1.51. The van der Waals surface area contributed by atoms with Crippen LogP contribution in [0.2, 0.25) is 0 Å². The highest BCUT2D eigenvalue weighted by Gasteiger charge is 2.21. The number of nitrogens with one attached hydrogen (secondary N) is 1. The van der Waals surface area contributed by atoms with Crippen molar-refractivity contribution in [2.75, 3.05) is 6.61 Å². The average molecular weight is 394 g/mol. The number of fused-ring (bicyclic) bond motifs is 1. The van der Waals surface area contributed by atoms with Crippen LogP contribution in [-0.4, -0.2) is 32.4 Å². The van der Waals surface area contributed by atoms with E-state index in [1.54, 1.807) is 11.1 Å². The van der Waals surface area contributed by atoms with Crippen molar-refractivity contribution in [3.63, 3.8) is 0 Å². The maximum atomic E-state index is 12.9. The lowest BCUT2D eigenvalue weighted by molar-refractivity contribution is -0.132. The summed E-state index contributed by atoms with van der Waals surface area (Å²) in [5.74, 6) is 0.831. The molecule has 0 saturated heterocycles. The molecule has 0 spiro atoms. The lowest BCUT2D eigenvalue weighted by Gasteiger charge is -2.22. The fraction of sp³-hybridized carbons (Fsp3) is 0.333. The average Bonchev–Trinajstić information content (AvgIpc) is 3.25. The van der Waals surface area contributed by atoms with E-state index in [0.29, 0.717) is 43.1 Å². The number of carbonyl (C=O) groups is 1. The molecule has 8 heteroatoms. The molecule has 3 aromatic rings. The highest BCUT2D eigenvalue weighted by atomic mass is 16.5. The monoisotopic (exact) mass is 394 g/mol. The van der Waals surface area contributed by atoms with Crippen LogP contribution in [0.5, 0.6) is 0 Å². The Morgan fingerprint density at radius 1 is 1.21 bits per heavy atom. The van der Waals surface area contributed by atoms with Gasteiger partial charge in [0, 0.05) is 12.8 Å². The van der Waals surface area contributed by atoms with E-state index in [4.69, 9.17) is 9.15 Å². The number of hydrogen-bond donors (Lipinski definition) is 1. The summed E-state index contributed by atoms with van der Waals surface area (Å²) in [6.45, 7) is 1.21. The smallest absolute Gasteiger partial charge is 0.256 e. The summed E-state index contributed by atoms with van der Waals surface area (Å²) in [7, 11) is 0. The number of aromatic nitrogens is 3. The van der Waals surface area contributed by atoms with Gasteiger partial charge in [-0.2, -0.15) is 0 Å². The Bertz CT molecular complexity index is 1010. The number of nitrogens with zero attached hydrogens (tertiary/aromatic N) is 3. The summed E-state index contributed by atoms with van der Waals surface area (Å²) in [5, 5.41) is 0. The Hall–Kier alpha value is -3.26. The number of aromatic amines is 1. The van der Waals surface area contributed by atoms with Crippen molar-refractivity contribution >= 4 is 5.91 Å². The van der Waals surface area contributed by atoms with Crippen LogP contribution in [0, 0.1) is 0 Å². The second-order valence-corrected chi connectivity index (χ2v) is 6.90. The van der Waals surface area contributed by atoms with Gasteiger partial charge in [-0.25, -0.2) is 9.97 Å². The number of carbonyl (C=O) groups excluding carboxylic acids is 1. The zero-order chi connectivity index (χ0) is 20.1. The van der Waals surface area contributed by atoms with Gasteiger partial charge in [0.2, 0.25) is 11.8 Å². The van der Waals surface area contributed by atoms with Gasteiger partial charge in [0.25, 0.3) is 5.56 Å². The Labute approximate surface area is 167 Å². The third-order valence-corrected chi connectivity index (χ3v) is 4.85. The molecule has 1 aliphatic heterocycles. The fourth-order valence-corrected chi connectivity index (χ4v) is 3.33. The first-order chi connectivity index (χ1) is 14.2. The summed E-state index contributed by atoms with van der Waals surface area (Å²) in [5.41, 5.74) is 2.19. The van der Waals surface area contributed by atoms with Gasteiger partial charge >= 0.3 is 0 Å². The van der Waals surface area contributed by atoms with Crippen molar-refractivity contribution in [2.45, 2.75) is 39.0 Å². The molecule has 0 bridgehead atoms. The first kappa shape index (κ1) is 19.1. The second kappa shape index (κ2) is 8.83. The van der Waals surface area contributed by atoms with Crippen LogP contribution in [0.4, 0.5) is 0 Å². The first-order valence-corrected chi connectivity index (χ1v) is 9.58. The van der Waals surface area contributed by atoms with E-state index in [9.17, 15) is 9.59 Å². The summed E-state index contributed by atoms with van der Waals surface area (Å²) in [4.78, 5) is 38.4. The molecule has 150 valence electrons. The van der Waals surface area contributed by atoms with Gasteiger partial charge in [0.15, 0.2) is 0 Å². The first-order valence-electron chi connectivity index (χ1n) is 9.58. The van der Waals surface area contributed by atoms with Gasteiger partial charge in [0.05, 0.1) is 43.8 Å². The number of oxazole rings is 1. The largest absolute Gasteiger partial charge is 0.447 e. The quantitative estimate of drug-likeness (QED) is 0.658. The van der Waals surface area contributed by atoms with Crippen molar-refractivity contribution < 1.29 is 13.9 Å². The molecule has 8 nitrogen and oxygen atoms in total. The van der Waals surface area contributed by atoms with Gasteiger partial charge in [0.1, 0.15) is 12.1 Å². The van der Waals surface area contributed by atoms with Crippen LogP contribution in [0.25, 0.3) is 0 Å². The molecule has 0 aliphatic carbocycles. The zero-order valence-electron chi connectivity index (χ0n) is 16.0. The lowest BCUT2D eigenvalue weighted by atomic mass is 10.1. The minimum atomic E-state index is -0.211. The molecule has 3 heterocycles. The summed E-state index contributed by atoms with van der Waals surface area (Å²) in [6, 6.07) is 9.85. The molecule has 1 amide bonds. The summed E-state index contributed by atoms with van der Waals surface area (Å²) < 4.78 is 10.6. The predicted octanol–water partition coefficient (Wildman–Crippen LogP) is 1.99. The Morgan fingerprint density at radius 3 is 2.86 bits per heavy atom. The van der Waals surface area contributed by atoms with Crippen molar-refractivity contribution in [1.82, 2.24) is 19.9 Å². The molecule has 2 aromatic heterocycles. The van der Waals surface area contributed by atoms with Crippen LogP contribution in [0.15, 0.2) is 52.0 Å². The highest BCUT2D eigenvalue weighted by Crippen LogP contribution is 2.13. The van der Waals surface area contributed by atoms with Crippen LogP contribution < -0.4 is 5.56 Å². The van der Waals surface area contributed by atoms with Crippen LogP contribution in [-0.2, 0) is 42.1 Å². The van der Waals surface area contributed by atoms with E-state index in [2.05, 4.69) is 15.0 Å². The summed E-state index contributed by atoms with van der Waals surface area (Å²) in [6.07, 6.45) is 4.58. The Morgan fingerprint density at radius 2 is 2.07 bits per heavy atom. The van der Waals surface area contributed by atoms with Crippen molar-refractivity contribution in [1.29, 1.82) is 0 Å². The number of H-pyrrole nitrogens is 1. The lowest BCUT2D eigenvalue weighted by Crippen LogP contribution is -2.33. The van der Waals surface area contributed by atoms with Crippen molar-refractivity contribution in [3.05, 3.63) is 81.7 Å². The topological polar surface area (TPSA) is 101 Å². The third kappa shape index (κ3) is 4.78. The van der Waals surface area contributed by atoms with E-state index < -0.39 is 0 Å². The number of aryl methyl sites for hydroxylation is 1. The third-order valence-electron chi connectivity index (χ3n) is 4.85. The molecule has 1 N–H and O–H groups in total. The molecule has 0 unspecified atom stereocenters. The molecule has 1 aliphatic rings. The molecule has 1 aromatic carbocycles. The van der Waals surface area contributed by atoms with E-state index in [1.807, 2.05) is 30.3 Å². The van der Waals surface area contributed by atoms with Gasteiger partial charge in [-0.3, -0.25) is 9.59 Å². The number of rotatable bonds is 7. The van der Waals surface area contributed by atoms with Gasteiger partial charge in [-0.15, -0.1) is 0 Å². The number of benzene rings is 1. The van der Waals surface area contributed by atoms with Crippen LogP contribution in [0.3, 0.4) is 0 Å². The highest BCUT2D eigenvalue weighted by molar-refractivity contribution is 5.76. The van der Waals surface area contributed by atoms with Crippen molar-refractivity contribution in [2.24, 2.45) is 0 Å².